The Balaban J connectivity index is 1.84. The third-order valence-corrected chi connectivity index (χ3v) is 4.30. The summed E-state index contributed by atoms with van der Waals surface area (Å²) in [6, 6.07) is 10.3. The predicted molar refractivity (Wildman–Crippen MR) is 88.5 cm³/mol. The zero-order valence-corrected chi connectivity index (χ0v) is 13.9. The highest BCUT2D eigenvalue weighted by Crippen LogP contribution is 2.27. The zero-order chi connectivity index (χ0) is 16.2. The van der Waals surface area contributed by atoms with E-state index in [-0.39, 0.29) is 5.82 Å². The third kappa shape index (κ3) is 3.82. The highest BCUT2D eigenvalue weighted by molar-refractivity contribution is 7.98. The molecule has 2 aromatic heterocycles. The number of aromatic nitrogens is 3. The third-order valence-electron chi connectivity index (χ3n) is 3.26. The summed E-state index contributed by atoms with van der Waals surface area (Å²) < 4.78 is 20.8. The van der Waals surface area contributed by atoms with Gasteiger partial charge in [0, 0.05) is 12.3 Å². The number of hydrogen-bond acceptors (Lipinski definition) is 4. The Bertz CT molecular complexity index is 768. The predicted octanol–water partition coefficient (Wildman–Crippen LogP) is 4.63. The molecule has 0 aliphatic rings. The minimum atomic E-state index is -0.219. The second-order valence-corrected chi connectivity index (χ2v) is 6.65. The van der Waals surface area contributed by atoms with Crippen molar-refractivity contribution in [1.82, 2.24) is 14.8 Å². The minimum absolute atomic E-state index is 0.219. The van der Waals surface area contributed by atoms with E-state index in [2.05, 4.69) is 28.6 Å². The highest BCUT2D eigenvalue weighted by Gasteiger charge is 2.17. The molecule has 0 aliphatic heterocycles. The van der Waals surface area contributed by atoms with Crippen molar-refractivity contribution in [2.75, 3.05) is 0 Å². The van der Waals surface area contributed by atoms with Crippen molar-refractivity contribution in [3.63, 3.8) is 0 Å². The van der Waals surface area contributed by atoms with Gasteiger partial charge in [0.15, 0.2) is 16.7 Å². The Labute approximate surface area is 138 Å². The Morgan fingerprint density at radius 1 is 1.22 bits per heavy atom. The molecule has 0 unspecified atom stereocenters. The van der Waals surface area contributed by atoms with Crippen molar-refractivity contribution in [3.05, 3.63) is 54.0 Å². The van der Waals surface area contributed by atoms with E-state index in [0.717, 1.165) is 23.1 Å². The van der Waals surface area contributed by atoms with Crippen LogP contribution < -0.4 is 0 Å². The zero-order valence-electron chi connectivity index (χ0n) is 13.1. The molecule has 0 spiro atoms. The smallest absolute Gasteiger partial charge is 0.200 e. The van der Waals surface area contributed by atoms with E-state index < -0.39 is 0 Å². The Hall–Kier alpha value is -2.08. The van der Waals surface area contributed by atoms with Crippen molar-refractivity contribution in [3.8, 4) is 11.6 Å². The number of thioether (sulfide) groups is 1. The summed E-state index contributed by atoms with van der Waals surface area (Å²) in [5.41, 5.74) is 0.925. The molecule has 6 heteroatoms. The van der Waals surface area contributed by atoms with Crippen LogP contribution in [0.25, 0.3) is 11.6 Å². The van der Waals surface area contributed by atoms with Crippen LogP contribution in [0.1, 0.15) is 19.4 Å². The van der Waals surface area contributed by atoms with Gasteiger partial charge in [-0.25, -0.2) is 4.39 Å². The molecule has 0 amide bonds. The number of hydrogen-bond donors (Lipinski definition) is 0. The molecule has 0 saturated carbocycles. The lowest BCUT2D eigenvalue weighted by atomic mass is 10.2. The average molecular weight is 331 g/mol. The Morgan fingerprint density at radius 3 is 2.78 bits per heavy atom. The van der Waals surface area contributed by atoms with Gasteiger partial charge in [-0.3, -0.25) is 4.57 Å². The lowest BCUT2D eigenvalue weighted by Crippen LogP contribution is -2.07. The molecule has 0 bridgehead atoms. The van der Waals surface area contributed by atoms with E-state index in [0.29, 0.717) is 17.4 Å². The summed E-state index contributed by atoms with van der Waals surface area (Å²) in [7, 11) is 0. The first-order valence-electron chi connectivity index (χ1n) is 7.48. The van der Waals surface area contributed by atoms with Crippen LogP contribution in [0.2, 0.25) is 0 Å². The van der Waals surface area contributed by atoms with Crippen LogP contribution in [0.15, 0.2) is 52.2 Å². The molecule has 0 N–H and O–H groups in total. The molecule has 4 nitrogen and oxygen atoms in total. The van der Waals surface area contributed by atoms with E-state index in [1.807, 2.05) is 18.2 Å². The van der Waals surface area contributed by atoms with Gasteiger partial charge < -0.3 is 4.42 Å². The topological polar surface area (TPSA) is 43.9 Å². The monoisotopic (exact) mass is 331 g/mol. The van der Waals surface area contributed by atoms with Gasteiger partial charge in [0.1, 0.15) is 5.82 Å². The van der Waals surface area contributed by atoms with Gasteiger partial charge in [0.25, 0.3) is 0 Å². The summed E-state index contributed by atoms with van der Waals surface area (Å²) in [6.07, 6.45) is 1.63. The molecule has 23 heavy (non-hydrogen) atoms. The number of nitrogens with zero attached hydrogens (tertiary/aromatic N) is 3. The molecule has 0 fully saturated rings. The largest absolute Gasteiger partial charge is 0.461 e. The van der Waals surface area contributed by atoms with Crippen LogP contribution in [-0.2, 0) is 12.3 Å². The molecule has 0 atom stereocenters. The lowest BCUT2D eigenvalue weighted by Gasteiger charge is -2.11. The molecule has 1 aromatic carbocycles. The fourth-order valence-corrected chi connectivity index (χ4v) is 3.18. The van der Waals surface area contributed by atoms with Crippen LogP contribution in [0.3, 0.4) is 0 Å². The second-order valence-electron chi connectivity index (χ2n) is 5.71. The lowest BCUT2D eigenvalue weighted by molar-refractivity contribution is 0.489. The maximum Gasteiger partial charge on any atom is 0.200 e. The Kier molecular flexibility index (Phi) is 4.81. The van der Waals surface area contributed by atoms with Crippen molar-refractivity contribution in [1.29, 1.82) is 0 Å². The summed E-state index contributed by atoms with van der Waals surface area (Å²) in [4.78, 5) is 0. The standard InChI is InChI=1S/C17H18FN3OS/c1-12(2)10-21-16(15-7-4-8-22-15)19-20-17(21)23-11-13-5-3-6-14(18)9-13/h3-9,12H,10-11H2,1-2H3. The second kappa shape index (κ2) is 7.00. The molecule has 3 rings (SSSR count). The first-order chi connectivity index (χ1) is 11.1. The quantitative estimate of drug-likeness (QED) is 0.618. The van der Waals surface area contributed by atoms with E-state index in [9.17, 15) is 4.39 Å². The van der Waals surface area contributed by atoms with Gasteiger partial charge in [-0.05, 0) is 35.7 Å². The maximum atomic E-state index is 13.3. The number of furan rings is 1. The van der Waals surface area contributed by atoms with Gasteiger partial charge in [0.05, 0.1) is 6.26 Å². The number of rotatable bonds is 6. The first kappa shape index (κ1) is 15.8. The fraction of sp³-hybridized carbons (Fsp3) is 0.294. The van der Waals surface area contributed by atoms with Crippen molar-refractivity contribution in [2.45, 2.75) is 31.3 Å². The van der Waals surface area contributed by atoms with Gasteiger partial charge in [-0.15, -0.1) is 10.2 Å². The average Bonchev–Trinajstić information content (AvgIpc) is 3.14. The summed E-state index contributed by atoms with van der Waals surface area (Å²) in [5, 5.41) is 9.36. The van der Waals surface area contributed by atoms with Crippen LogP contribution in [0, 0.1) is 11.7 Å². The minimum Gasteiger partial charge on any atom is -0.461 e. The number of benzene rings is 1. The molecule has 0 aliphatic carbocycles. The summed E-state index contributed by atoms with van der Waals surface area (Å²) >= 11 is 1.55. The molecular formula is C17H18FN3OS. The summed E-state index contributed by atoms with van der Waals surface area (Å²) in [6.45, 7) is 5.09. The highest BCUT2D eigenvalue weighted by atomic mass is 32.2. The van der Waals surface area contributed by atoms with E-state index in [1.54, 1.807) is 30.2 Å². The molecule has 120 valence electrons. The molecule has 0 saturated heterocycles. The molecule has 2 heterocycles. The molecular weight excluding hydrogens is 313 g/mol. The van der Waals surface area contributed by atoms with Gasteiger partial charge in [-0.2, -0.15) is 0 Å². The normalized spacial score (nSPS) is 11.3. The van der Waals surface area contributed by atoms with Crippen molar-refractivity contribution >= 4 is 11.8 Å². The van der Waals surface area contributed by atoms with Gasteiger partial charge >= 0.3 is 0 Å². The molecule has 3 aromatic rings. The maximum absolute atomic E-state index is 13.3. The SMILES string of the molecule is CC(C)Cn1c(SCc2cccc(F)c2)nnc1-c1ccco1. The summed E-state index contributed by atoms with van der Waals surface area (Å²) in [5.74, 6) is 2.31. The van der Waals surface area contributed by atoms with Crippen molar-refractivity contribution < 1.29 is 8.81 Å². The van der Waals surface area contributed by atoms with Crippen LogP contribution in [0.4, 0.5) is 4.39 Å². The fourth-order valence-electron chi connectivity index (χ4n) is 2.29. The Morgan fingerprint density at radius 2 is 2.09 bits per heavy atom. The van der Waals surface area contributed by atoms with E-state index >= 15 is 0 Å². The first-order valence-corrected chi connectivity index (χ1v) is 8.46. The van der Waals surface area contributed by atoms with Crippen LogP contribution >= 0.6 is 11.8 Å². The van der Waals surface area contributed by atoms with Crippen LogP contribution in [0.5, 0.6) is 0 Å². The van der Waals surface area contributed by atoms with Gasteiger partial charge in [0.2, 0.25) is 0 Å². The van der Waals surface area contributed by atoms with E-state index in [1.165, 1.54) is 6.07 Å². The van der Waals surface area contributed by atoms with Gasteiger partial charge in [-0.1, -0.05) is 37.7 Å². The van der Waals surface area contributed by atoms with E-state index in [4.69, 9.17) is 4.42 Å². The van der Waals surface area contributed by atoms with Crippen LogP contribution in [-0.4, -0.2) is 14.8 Å². The van der Waals surface area contributed by atoms with Crippen molar-refractivity contribution in [2.24, 2.45) is 5.92 Å². The molecule has 0 radical (unpaired) electrons. The number of halogens is 1.